The number of anilines is 6. The molecule has 1 N–H and O–H groups in total. The second-order valence-electron chi connectivity index (χ2n) is 9.94. The Morgan fingerprint density at radius 2 is 0.925 bits per heavy atom. The van der Waals surface area contributed by atoms with E-state index < -0.39 is 0 Å². The van der Waals surface area contributed by atoms with Crippen LogP contribution >= 0.6 is 0 Å². The van der Waals surface area contributed by atoms with Gasteiger partial charge in [-0.3, -0.25) is 0 Å². The van der Waals surface area contributed by atoms with E-state index in [2.05, 4.69) is 179 Å². The van der Waals surface area contributed by atoms with Crippen LogP contribution in [-0.4, -0.2) is 0 Å². The molecule has 7 rings (SSSR count). The van der Waals surface area contributed by atoms with E-state index in [0.717, 1.165) is 22.7 Å². The van der Waals surface area contributed by atoms with Crippen molar-refractivity contribution in [1.29, 1.82) is 0 Å². The smallest absolute Gasteiger partial charge is 0.130 e. The summed E-state index contributed by atoms with van der Waals surface area (Å²) in [6.45, 7) is 0. The quantitative estimate of drug-likeness (QED) is 0.238. The zero-order chi connectivity index (χ0) is 26.7. The van der Waals surface area contributed by atoms with Gasteiger partial charge in [-0.25, -0.2) is 0 Å². The Balaban J connectivity index is 1.18. The lowest BCUT2D eigenvalue weighted by molar-refractivity contribution is 0.828. The van der Waals surface area contributed by atoms with E-state index in [1.54, 1.807) is 0 Å². The number of fused-ring (bicyclic) bond motifs is 1. The summed E-state index contributed by atoms with van der Waals surface area (Å²) in [7, 11) is 0. The molecule has 192 valence electrons. The van der Waals surface area contributed by atoms with Crippen molar-refractivity contribution >= 4 is 34.1 Å². The Labute approximate surface area is 235 Å². The molecule has 0 bridgehead atoms. The summed E-state index contributed by atoms with van der Waals surface area (Å²) in [6.07, 6.45) is 0.0292. The van der Waals surface area contributed by atoms with E-state index in [1.807, 2.05) is 0 Å². The van der Waals surface area contributed by atoms with Crippen LogP contribution in [0.3, 0.4) is 0 Å². The number of benzene rings is 6. The molecule has 6 aromatic carbocycles. The number of hydrogen-bond donors (Lipinski definition) is 1. The number of nitrogens with one attached hydrogen (secondary N) is 1. The molecule has 1 aliphatic rings. The predicted molar refractivity (Wildman–Crippen MR) is 168 cm³/mol. The molecule has 1 unspecified atom stereocenters. The van der Waals surface area contributed by atoms with E-state index >= 15 is 0 Å². The lowest BCUT2D eigenvalue weighted by Gasteiger charge is -2.27. The molecule has 3 heteroatoms. The highest BCUT2D eigenvalue weighted by Crippen LogP contribution is 2.46. The molecular formula is C37H29N3. The zero-order valence-corrected chi connectivity index (χ0v) is 22.1. The third kappa shape index (κ3) is 4.48. The molecule has 1 heterocycles. The Hall–Kier alpha value is -5.28. The Morgan fingerprint density at radius 1 is 0.450 bits per heavy atom. The molecule has 40 heavy (non-hydrogen) atoms. The van der Waals surface area contributed by atoms with E-state index in [0.29, 0.717) is 0 Å². The van der Waals surface area contributed by atoms with Crippen molar-refractivity contribution in [1.82, 2.24) is 0 Å². The van der Waals surface area contributed by atoms with Gasteiger partial charge in [0.2, 0.25) is 0 Å². The number of hydrogen-bond acceptors (Lipinski definition) is 3. The van der Waals surface area contributed by atoms with Gasteiger partial charge in [0.1, 0.15) is 6.17 Å². The summed E-state index contributed by atoms with van der Waals surface area (Å²) >= 11 is 0. The SMILES string of the molecule is c1ccc(N(c2ccccc2)c2ccc(-c3ccc(C4Nc5ccccc5N4c4ccccc4)cc3)cc2)cc1. The van der Waals surface area contributed by atoms with Crippen LogP contribution in [-0.2, 0) is 0 Å². The van der Waals surface area contributed by atoms with Crippen molar-refractivity contribution in [2.45, 2.75) is 6.17 Å². The number of para-hydroxylation sites is 5. The average Bonchev–Trinajstić information content (AvgIpc) is 3.43. The standard InChI is InChI=1S/C37H29N3/c1-4-12-31(13-5-1)39(32-14-6-2-7-15-32)34-26-24-29(25-27-34)28-20-22-30(23-21-28)37-38-35-18-10-11-19-36(35)40(37)33-16-8-3-9-17-33/h1-27,37-38H. The van der Waals surface area contributed by atoms with Crippen molar-refractivity contribution < 1.29 is 0 Å². The molecule has 3 nitrogen and oxygen atoms in total. The highest BCUT2D eigenvalue weighted by molar-refractivity contribution is 5.83. The topological polar surface area (TPSA) is 18.5 Å². The monoisotopic (exact) mass is 515 g/mol. The normalized spacial score (nSPS) is 13.9. The maximum absolute atomic E-state index is 3.73. The van der Waals surface area contributed by atoms with Gasteiger partial charge in [0, 0.05) is 22.7 Å². The van der Waals surface area contributed by atoms with Crippen LogP contribution in [0.1, 0.15) is 11.7 Å². The molecule has 0 fully saturated rings. The van der Waals surface area contributed by atoms with Crippen molar-refractivity contribution in [2.75, 3.05) is 15.1 Å². The first-order valence-electron chi connectivity index (χ1n) is 13.7. The van der Waals surface area contributed by atoms with Crippen LogP contribution in [0.4, 0.5) is 34.1 Å². The Kier molecular flexibility index (Phi) is 6.23. The van der Waals surface area contributed by atoms with Crippen molar-refractivity contribution in [2.24, 2.45) is 0 Å². The van der Waals surface area contributed by atoms with Gasteiger partial charge < -0.3 is 15.1 Å². The second kappa shape index (κ2) is 10.5. The fraction of sp³-hybridized carbons (Fsp3) is 0.0270. The average molecular weight is 516 g/mol. The molecule has 0 saturated carbocycles. The molecule has 0 amide bonds. The van der Waals surface area contributed by atoms with Gasteiger partial charge in [-0.1, -0.05) is 103 Å². The largest absolute Gasteiger partial charge is 0.359 e. The molecule has 1 aliphatic heterocycles. The van der Waals surface area contributed by atoms with Crippen molar-refractivity contribution in [3.05, 3.63) is 169 Å². The van der Waals surface area contributed by atoms with E-state index in [1.165, 1.54) is 28.1 Å². The molecule has 0 saturated heterocycles. The molecule has 6 aromatic rings. The minimum atomic E-state index is 0.0292. The summed E-state index contributed by atoms with van der Waals surface area (Å²) in [5, 5.41) is 3.73. The van der Waals surface area contributed by atoms with Gasteiger partial charge in [-0.05, 0) is 77.4 Å². The second-order valence-corrected chi connectivity index (χ2v) is 9.94. The first-order valence-corrected chi connectivity index (χ1v) is 13.7. The molecule has 0 radical (unpaired) electrons. The van der Waals surface area contributed by atoms with Crippen molar-refractivity contribution in [3.63, 3.8) is 0 Å². The fourth-order valence-electron chi connectivity index (χ4n) is 5.53. The van der Waals surface area contributed by atoms with Crippen LogP contribution in [0.2, 0.25) is 0 Å². The Bertz CT molecular complexity index is 1660. The van der Waals surface area contributed by atoms with Crippen LogP contribution in [0, 0.1) is 0 Å². The maximum Gasteiger partial charge on any atom is 0.130 e. The lowest BCUT2D eigenvalue weighted by Crippen LogP contribution is -2.23. The van der Waals surface area contributed by atoms with Crippen molar-refractivity contribution in [3.8, 4) is 11.1 Å². The summed E-state index contributed by atoms with van der Waals surface area (Å²) in [4.78, 5) is 4.66. The molecule has 1 atom stereocenters. The maximum atomic E-state index is 3.73. The first kappa shape index (κ1) is 23.8. The lowest BCUT2D eigenvalue weighted by atomic mass is 10.0. The van der Waals surface area contributed by atoms with Crippen LogP contribution in [0.15, 0.2) is 164 Å². The highest BCUT2D eigenvalue weighted by atomic mass is 15.3. The minimum Gasteiger partial charge on any atom is -0.359 e. The number of rotatable bonds is 6. The van der Waals surface area contributed by atoms with Gasteiger partial charge in [-0.15, -0.1) is 0 Å². The van der Waals surface area contributed by atoms with E-state index in [4.69, 9.17) is 0 Å². The van der Waals surface area contributed by atoms with Crippen LogP contribution < -0.4 is 15.1 Å². The Morgan fingerprint density at radius 3 is 1.52 bits per heavy atom. The highest BCUT2D eigenvalue weighted by Gasteiger charge is 2.30. The van der Waals surface area contributed by atoms with Gasteiger partial charge in [0.05, 0.1) is 11.4 Å². The summed E-state index contributed by atoms with van der Waals surface area (Å²) in [6, 6.07) is 57.9. The van der Waals surface area contributed by atoms with E-state index in [-0.39, 0.29) is 6.17 Å². The molecule has 0 spiro atoms. The predicted octanol–water partition coefficient (Wildman–Crippen LogP) is 10.1. The third-order valence-corrected chi connectivity index (χ3v) is 7.46. The summed E-state index contributed by atoms with van der Waals surface area (Å²) in [5.41, 5.74) is 10.5. The van der Waals surface area contributed by atoms with Gasteiger partial charge >= 0.3 is 0 Å². The van der Waals surface area contributed by atoms with Gasteiger partial charge in [0.25, 0.3) is 0 Å². The fourth-order valence-corrected chi connectivity index (χ4v) is 5.53. The molecule has 0 aliphatic carbocycles. The van der Waals surface area contributed by atoms with Gasteiger partial charge in [0.15, 0.2) is 0 Å². The molecule has 0 aromatic heterocycles. The van der Waals surface area contributed by atoms with Gasteiger partial charge in [-0.2, -0.15) is 0 Å². The zero-order valence-electron chi connectivity index (χ0n) is 22.1. The summed E-state index contributed by atoms with van der Waals surface area (Å²) < 4.78 is 0. The summed E-state index contributed by atoms with van der Waals surface area (Å²) in [5.74, 6) is 0. The third-order valence-electron chi connectivity index (χ3n) is 7.46. The minimum absolute atomic E-state index is 0.0292. The van der Waals surface area contributed by atoms with E-state index in [9.17, 15) is 0 Å². The van der Waals surface area contributed by atoms with Crippen LogP contribution in [0.5, 0.6) is 0 Å². The van der Waals surface area contributed by atoms with Crippen LogP contribution in [0.25, 0.3) is 11.1 Å². The number of nitrogens with zero attached hydrogens (tertiary/aromatic N) is 2. The molecular weight excluding hydrogens is 486 g/mol. The first-order chi connectivity index (χ1) is 19.8.